The Labute approximate surface area is 127 Å². The van der Waals surface area contributed by atoms with Crippen molar-refractivity contribution in [3.05, 3.63) is 70.8 Å². The molecular weight excluding hydrogens is 256 g/mol. The monoisotopic (exact) mass is 280 g/mol. The Hall–Kier alpha value is -1.60. The van der Waals surface area contributed by atoms with E-state index in [-0.39, 0.29) is 0 Å². The number of aryl methyl sites for hydroxylation is 1. The van der Waals surface area contributed by atoms with Gasteiger partial charge in [0.25, 0.3) is 0 Å². The smallest absolute Gasteiger partial charge is 0.104 e. The van der Waals surface area contributed by atoms with Crippen molar-refractivity contribution >= 4 is 0 Å². The lowest BCUT2D eigenvalue weighted by Crippen LogP contribution is -2.05. The zero-order valence-corrected chi connectivity index (χ0v) is 12.8. The van der Waals surface area contributed by atoms with Gasteiger partial charge in [-0.3, -0.25) is 0 Å². The van der Waals surface area contributed by atoms with Gasteiger partial charge in [0.2, 0.25) is 0 Å². The van der Waals surface area contributed by atoms with E-state index < -0.39 is 6.10 Å². The minimum atomic E-state index is -0.523. The average Bonchev–Trinajstić information content (AvgIpc) is 2.55. The molecule has 1 saturated carbocycles. The fraction of sp³-hybridized carbons (Fsp3) is 0.400. The van der Waals surface area contributed by atoms with Gasteiger partial charge in [-0.05, 0) is 42.4 Å². The van der Waals surface area contributed by atoms with Crippen LogP contribution in [0.3, 0.4) is 0 Å². The van der Waals surface area contributed by atoms with E-state index in [4.69, 9.17) is 0 Å². The molecule has 0 amide bonds. The third-order valence-corrected chi connectivity index (χ3v) is 4.69. The van der Waals surface area contributed by atoms with Gasteiger partial charge < -0.3 is 5.11 Å². The normalized spacial score (nSPS) is 17.6. The molecule has 1 N–H and O–H groups in total. The van der Waals surface area contributed by atoms with Gasteiger partial charge in [-0.25, -0.2) is 0 Å². The largest absolute Gasteiger partial charge is 0.384 e. The molecule has 1 aliphatic carbocycles. The Morgan fingerprint density at radius 1 is 0.905 bits per heavy atom. The molecule has 1 atom stereocenters. The van der Waals surface area contributed by atoms with Crippen LogP contribution in [0.5, 0.6) is 0 Å². The second-order valence-electron chi connectivity index (χ2n) is 6.32. The van der Waals surface area contributed by atoms with Crippen molar-refractivity contribution in [2.75, 3.05) is 0 Å². The van der Waals surface area contributed by atoms with Crippen LogP contribution in [0.25, 0.3) is 0 Å². The molecule has 21 heavy (non-hydrogen) atoms. The first-order valence-electron chi connectivity index (χ1n) is 8.08. The van der Waals surface area contributed by atoms with Gasteiger partial charge in [0.15, 0.2) is 0 Å². The summed E-state index contributed by atoms with van der Waals surface area (Å²) in [7, 11) is 0. The maximum Gasteiger partial charge on any atom is 0.104 e. The summed E-state index contributed by atoms with van der Waals surface area (Å²) in [6.45, 7) is 2.06. The van der Waals surface area contributed by atoms with Crippen molar-refractivity contribution in [3.63, 3.8) is 0 Å². The maximum atomic E-state index is 10.5. The SMILES string of the molecule is Cc1cccc(C(O)c2ccc(C3CCCCC3)cc2)c1. The van der Waals surface area contributed by atoms with Crippen molar-refractivity contribution < 1.29 is 5.11 Å². The van der Waals surface area contributed by atoms with Gasteiger partial charge in [0.05, 0.1) is 0 Å². The number of aliphatic hydroxyl groups is 1. The van der Waals surface area contributed by atoms with E-state index in [1.54, 1.807) is 0 Å². The Morgan fingerprint density at radius 3 is 2.29 bits per heavy atom. The molecule has 2 aromatic carbocycles. The predicted molar refractivity (Wildman–Crippen MR) is 87.5 cm³/mol. The van der Waals surface area contributed by atoms with Crippen molar-refractivity contribution in [2.45, 2.75) is 51.0 Å². The molecular formula is C20H24O. The molecule has 0 aliphatic heterocycles. The Morgan fingerprint density at radius 2 is 1.62 bits per heavy atom. The molecule has 0 heterocycles. The third kappa shape index (κ3) is 3.36. The molecule has 0 spiro atoms. The van der Waals surface area contributed by atoms with Crippen molar-refractivity contribution in [1.82, 2.24) is 0 Å². The van der Waals surface area contributed by atoms with Gasteiger partial charge >= 0.3 is 0 Å². The Bertz CT molecular complexity index is 579. The Kier molecular flexibility index (Phi) is 4.40. The van der Waals surface area contributed by atoms with Crippen LogP contribution in [0.15, 0.2) is 48.5 Å². The highest BCUT2D eigenvalue weighted by molar-refractivity contribution is 5.34. The molecule has 1 heteroatoms. The van der Waals surface area contributed by atoms with Gasteiger partial charge in [0.1, 0.15) is 6.10 Å². The van der Waals surface area contributed by atoms with Gasteiger partial charge in [0, 0.05) is 0 Å². The Balaban J connectivity index is 1.77. The molecule has 1 aliphatic rings. The molecule has 0 bridgehead atoms. The van der Waals surface area contributed by atoms with Crippen LogP contribution < -0.4 is 0 Å². The standard InChI is InChI=1S/C20H24O/c1-15-6-5-9-19(14-15)20(21)18-12-10-17(11-13-18)16-7-3-2-4-8-16/h5-6,9-14,16,20-21H,2-4,7-8H2,1H3. The van der Waals surface area contributed by atoms with E-state index in [9.17, 15) is 5.11 Å². The fourth-order valence-corrected chi connectivity index (χ4v) is 3.42. The highest BCUT2D eigenvalue weighted by atomic mass is 16.3. The predicted octanol–water partition coefficient (Wildman–Crippen LogP) is 5.12. The van der Waals surface area contributed by atoms with Gasteiger partial charge in [-0.15, -0.1) is 0 Å². The van der Waals surface area contributed by atoms with Crippen LogP contribution in [0, 0.1) is 6.92 Å². The van der Waals surface area contributed by atoms with E-state index >= 15 is 0 Å². The molecule has 1 nitrogen and oxygen atoms in total. The van der Waals surface area contributed by atoms with E-state index in [2.05, 4.69) is 43.3 Å². The second-order valence-corrected chi connectivity index (χ2v) is 6.32. The highest BCUT2D eigenvalue weighted by Crippen LogP contribution is 2.33. The number of hydrogen-bond donors (Lipinski definition) is 1. The van der Waals surface area contributed by atoms with Crippen molar-refractivity contribution in [2.24, 2.45) is 0 Å². The number of aliphatic hydroxyl groups excluding tert-OH is 1. The summed E-state index contributed by atoms with van der Waals surface area (Å²) < 4.78 is 0. The van der Waals surface area contributed by atoms with Gasteiger partial charge in [-0.2, -0.15) is 0 Å². The summed E-state index contributed by atoms with van der Waals surface area (Å²) in [5.41, 5.74) is 4.58. The van der Waals surface area contributed by atoms with E-state index in [0.29, 0.717) is 0 Å². The van der Waals surface area contributed by atoms with Gasteiger partial charge in [-0.1, -0.05) is 73.4 Å². The lowest BCUT2D eigenvalue weighted by atomic mass is 9.83. The first kappa shape index (κ1) is 14.3. The van der Waals surface area contributed by atoms with E-state index in [0.717, 1.165) is 17.0 Å². The lowest BCUT2D eigenvalue weighted by Gasteiger charge is -2.22. The number of rotatable bonds is 3. The third-order valence-electron chi connectivity index (χ3n) is 4.69. The molecule has 1 unspecified atom stereocenters. The summed E-state index contributed by atoms with van der Waals surface area (Å²) in [6.07, 6.45) is 6.22. The zero-order chi connectivity index (χ0) is 14.7. The molecule has 0 saturated heterocycles. The minimum absolute atomic E-state index is 0.523. The van der Waals surface area contributed by atoms with Crippen LogP contribution in [-0.2, 0) is 0 Å². The van der Waals surface area contributed by atoms with Crippen molar-refractivity contribution in [1.29, 1.82) is 0 Å². The molecule has 0 radical (unpaired) electrons. The molecule has 0 aromatic heterocycles. The summed E-state index contributed by atoms with van der Waals surface area (Å²) in [5, 5.41) is 10.5. The van der Waals surface area contributed by atoms with Crippen molar-refractivity contribution in [3.8, 4) is 0 Å². The van der Waals surface area contributed by atoms with Crippen LogP contribution >= 0.6 is 0 Å². The summed E-state index contributed by atoms with van der Waals surface area (Å²) in [6, 6.07) is 16.7. The quantitative estimate of drug-likeness (QED) is 0.827. The highest BCUT2D eigenvalue weighted by Gasteiger charge is 2.16. The summed E-state index contributed by atoms with van der Waals surface area (Å²) in [5.74, 6) is 0.726. The maximum absolute atomic E-state index is 10.5. The fourth-order valence-electron chi connectivity index (χ4n) is 3.42. The lowest BCUT2D eigenvalue weighted by molar-refractivity contribution is 0.220. The topological polar surface area (TPSA) is 20.2 Å². The minimum Gasteiger partial charge on any atom is -0.384 e. The van der Waals surface area contributed by atoms with Crippen LogP contribution in [0.2, 0.25) is 0 Å². The summed E-state index contributed by atoms with van der Waals surface area (Å²) >= 11 is 0. The molecule has 1 fully saturated rings. The molecule has 110 valence electrons. The average molecular weight is 280 g/mol. The van der Waals surface area contributed by atoms with E-state index in [1.165, 1.54) is 43.2 Å². The number of hydrogen-bond acceptors (Lipinski definition) is 1. The zero-order valence-electron chi connectivity index (χ0n) is 12.8. The first-order chi connectivity index (χ1) is 10.2. The molecule has 3 rings (SSSR count). The summed E-state index contributed by atoms with van der Waals surface area (Å²) in [4.78, 5) is 0. The number of benzene rings is 2. The van der Waals surface area contributed by atoms with Crippen LogP contribution in [0.4, 0.5) is 0 Å². The first-order valence-corrected chi connectivity index (χ1v) is 8.08. The van der Waals surface area contributed by atoms with Crippen LogP contribution in [-0.4, -0.2) is 5.11 Å². The van der Waals surface area contributed by atoms with Crippen LogP contribution in [0.1, 0.15) is 66.4 Å². The molecule has 2 aromatic rings. The van der Waals surface area contributed by atoms with E-state index in [1.807, 2.05) is 12.1 Å². The second kappa shape index (κ2) is 6.44.